The third-order valence-electron chi connectivity index (χ3n) is 3.88. The van der Waals surface area contributed by atoms with E-state index in [1.807, 2.05) is 48.7 Å². The maximum absolute atomic E-state index is 13.1. The molecule has 2 nitrogen and oxygen atoms in total. The van der Waals surface area contributed by atoms with E-state index in [1.54, 1.807) is 4.90 Å². The largest absolute Gasteiger partial charge is 0.295 e. The predicted molar refractivity (Wildman–Crippen MR) is 110 cm³/mol. The van der Waals surface area contributed by atoms with Crippen LogP contribution in [0.1, 0.15) is 27.5 Å². The molecule has 0 saturated heterocycles. The molecule has 2 aromatic carbocycles. The van der Waals surface area contributed by atoms with Crippen LogP contribution in [0.25, 0.3) is 4.48 Å². The van der Waals surface area contributed by atoms with Crippen LogP contribution in [-0.4, -0.2) is 18.9 Å². The average Bonchev–Trinajstić information content (AvgIpc) is 2.60. The molecule has 3 rings (SSSR count). The van der Waals surface area contributed by atoms with Gasteiger partial charge in [-0.3, -0.25) is 9.69 Å². The molecule has 1 heterocycles. The molecule has 0 saturated carbocycles. The highest BCUT2D eigenvalue weighted by Gasteiger charge is 2.30. The first-order valence-electron chi connectivity index (χ1n) is 8.24. The standard InChI is InChI=1S/C21H20BrNOSi/c1-25(2,3)14-13-20-18-12-8-7-11-17(18)19(22)15-23(20)21(24)16-9-5-4-6-10-16/h4-12,15,20H,1-3H3. The minimum atomic E-state index is -1.55. The summed E-state index contributed by atoms with van der Waals surface area (Å²) in [5.41, 5.74) is 6.25. The zero-order chi connectivity index (χ0) is 18.0. The molecule has 0 radical (unpaired) electrons. The van der Waals surface area contributed by atoms with Crippen molar-refractivity contribution in [1.29, 1.82) is 0 Å². The zero-order valence-electron chi connectivity index (χ0n) is 14.6. The van der Waals surface area contributed by atoms with E-state index in [1.165, 1.54) is 0 Å². The summed E-state index contributed by atoms with van der Waals surface area (Å²) in [4.78, 5) is 14.8. The van der Waals surface area contributed by atoms with Crippen LogP contribution in [0, 0.1) is 11.5 Å². The number of amides is 1. The summed E-state index contributed by atoms with van der Waals surface area (Å²) in [5.74, 6) is 3.35. The minimum Gasteiger partial charge on any atom is -0.295 e. The number of hydrogen-bond donors (Lipinski definition) is 0. The summed E-state index contributed by atoms with van der Waals surface area (Å²) < 4.78 is 0.901. The highest BCUT2D eigenvalue weighted by molar-refractivity contribution is 9.15. The summed E-state index contributed by atoms with van der Waals surface area (Å²) in [6.45, 7) is 6.64. The van der Waals surface area contributed by atoms with Crippen molar-refractivity contribution >= 4 is 34.4 Å². The molecule has 25 heavy (non-hydrogen) atoms. The summed E-state index contributed by atoms with van der Waals surface area (Å²) >= 11 is 3.61. The van der Waals surface area contributed by atoms with Crippen LogP contribution in [0.2, 0.25) is 19.6 Å². The number of nitrogens with zero attached hydrogens (tertiary/aromatic N) is 1. The summed E-state index contributed by atoms with van der Waals surface area (Å²) in [5, 5.41) is 0. The molecule has 1 unspecified atom stereocenters. The number of benzene rings is 2. The summed E-state index contributed by atoms with van der Waals surface area (Å²) in [6, 6.07) is 17.2. The topological polar surface area (TPSA) is 20.3 Å². The first-order valence-corrected chi connectivity index (χ1v) is 12.5. The molecular formula is C21H20BrNOSi. The predicted octanol–water partition coefficient (Wildman–Crippen LogP) is 5.46. The minimum absolute atomic E-state index is 0.0399. The lowest BCUT2D eigenvalue weighted by Crippen LogP contribution is -2.33. The Morgan fingerprint density at radius 1 is 1.04 bits per heavy atom. The number of hydrogen-bond acceptors (Lipinski definition) is 1. The Hall–Kier alpha value is -2.09. The average molecular weight is 410 g/mol. The molecular weight excluding hydrogens is 390 g/mol. The van der Waals surface area contributed by atoms with Gasteiger partial charge in [-0.1, -0.05) is 68.0 Å². The van der Waals surface area contributed by atoms with Crippen LogP contribution < -0.4 is 0 Å². The SMILES string of the molecule is C[Si](C)(C)C#CC1c2ccccc2C(Br)=CN1C(=O)c1ccccc1. The number of carbonyl (C=O) groups is 1. The fourth-order valence-corrected chi connectivity index (χ4v) is 3.86. The maximum atomic E-state index is 13.1. The number of carbonyl (C=O) groups excluding carboxylic acids is 1. The second kappa shape index (κ2) is 7.03. The smallest absolute Gasteiger partial charge is 0.259 e. The molecule has 126 valence electrons. The van der Waals surface area contributed by atoms with Gasteiger partial charge in [0, 0.05) is 16.2 Å². The lowest BCUT2D eigenvalue weighted by atomic mass is 9.96. The Balaban J connectivity index is 2.10. The Morgan fingerprint density at radius 2 is 1.68 bits per heavy atom. The Bertz CT molecular complexity index is 887. The van der Waals surface area contributed by atoms with Crippen LogP contribution in [-0.2, 0) is 0 Å². The molecule has 0 aliphatic carbocycles. The third kappa shape index (κ3) is 3.95. The van der Waals surface area contributed by atoms with Gasteiger partial charge in [-0.05, 0) is 39.2 Å². The van der Waals surface area contributed by atoms with E-state index < -0.39 is 8.07 Å². The van der Waals surface area contributed by atoms with E-state index in [4.69, 9.17) is 0 Å². The monoisotopic (exact) mass is 409 g/mol. The zero-order valence-corrected chi connectivity index (χ0v) is 17.2. The van der Waals surface area contributed by atoms with Crippen LogP contribution in [0.3, 0.4) is 0 Å². The quantitative estimate of drug-likeness (QED) is 0.452. The molecule has 0 spiro atoms. The number of rotatable bonds is 1. The molecule has 1 aliphatic heterocycles. The molecule has 1 amide bonds. The van der Waals surface area contributed by atoms with E-state index in [0.29, 0.717) is 5.56 Å². The summed E-state index contributed by atoms with van der Waals surface area (Å²) in [7, 11) is -1.55. The number of halogens is 1. The molecule has 0 N–H and O–H groups in total. The van der Waals surface area contributed by atoms with Crippen LogP contribution in [0.15, 0.2) is 60.8 Å². The van der Waals surface area contributed by atoms with E-state index in [-0.39, 0.29) is 11.9 Å². The Morgan fingerprint density at radius 3 is 2.36 bits per heavy atom. The normalized spacial score (nSPS) is 16.4. The Labute approximate surface area is 158 Å². The highest BCUT2D eigenvalue weighted by Crippen LogP contribution is 2.38. The molecule has 1 aliphatic rings. The van der Waals surface area contributed by atoms with Crippen molar-refractivity contribution in [3.63, 3.8) is 0 Å². The van der Waals surface area contributed by atoms with Gasteiger partial charge in [-0.2, -0.15) is 0 Å². The van der Waals surface area contributed by atoms with E-state index >= 15 is 0 Å². The van der Waals surface area contributed by atoms with Crippen LogP contribution in [0.4, 0.5) is 0 Å². The van der Waals surface area contributed by atoms with Crippen LogP contribution in [0.5, 0.6) is 0 Å². The van der Waals surface area contributed by atoms with Crippen molar-refractivity contribution in [2.45, 2.75) is 25.7 Å². The lowest BCUT2D eigenvalue weighted by molar-refractivity contribution is 0.0795. The van der Waals surface area contributed by atoms with Gasteiger partial charge in [0.25, 0.3) is 5.91 Å². The van der Waals surface area contributed by atoms with Gasteiger partial charge in [0.05, 0.1) is 0 Å². The van der Waals surface area contributed by atoms with Gasteiger partial charge in [0.1, 0.15) is 14.1 Å². The Kier molecular flexibility index (Phi) is 4.98. The van der Waals surface area contributed by atoms with Crippen molar-refractivity contribution in [3.8, 4) is 11.5 Å². The van der Waals surface area contributed by atoms with Gasteiger partial charge in [-0.25, -0.2) is 0 Å². The molecule has 1 atom stereocenters. The van der Waals surface area contributed by atoms with Crippen molar-refractivity contribution < 1.29 is 4.79 Å². The van der Waals surface area contributed by atoms with Crippen molar-refractivity contribution in [3.05, 3.63) is 77.5 Å². The van der Waals surface area contributed by atoms with E-state index in [2.05, 4.69) is 59.2 Å². The van der Waals surface area contributed by atoms with E-state index in [9.17, 15) is 4.79 Å². The molecule has 0 aromatic heterocycles. The summed E-state index contributed by atoms with van der Waals surface area (Å²) in [6.07, 6.45) is 1.86. The molecule has 0 fully saturated rings. The van der Waals surface area contributed by atoms with Gasteiger partial charge in [0.2, 0.25) is 0 Å². The van der Waals surface area contributed by atoms with Crippen molar-refractivity contribution in [2.75, 3.05) is 0 Å². The maximum Gasteiger partial charge on any atom is 0.259 e. The first-order chi connectivity index (χ1) is 11.9. The first kappa shape index (κ1) is 17.7. The van der Waals surface area contributed by atoms with E-state index in [0.717, 1.165) is 15.6 Å². The van der Waals surface area contributed by atoms with Gasteiger partial charge >= 0.3 is 0 Å². The molecule has 4 heteroatoms. The molecule has 0 bridgehead atoms. The highest BCUT2D eigenvalue weighted by atomic mass is 79.9. The lowest BCUT2D eigenvalue weighted by Gasteiger charge is -2.31. The second-order valence-corrected chi connectivity index (χ2v) is 12.7. The van der Waals surface area contributed by atoms with Gasteiger partial charge in [0.15, 0.2) is 0 Å². The fourth-order valence-electron chi connectivity index (χ4n) is 2.71. The van der Waals surface area contributed by atoms with Crippen molar-refractivity contribution in [1.82, 2.24) is 4.90 Å². The molecule has 2 aromatic rings. The third-order valence-corrected chi connectivity index (χ3v) is 5.41. The van der Waals surface area contributed by atoms with Crippen molar-refractivity contribution in [2.24, 2.45) is 0 Å². The second-order valence-electron chi connectivity index (χ2n) is 7.06. The van der Waals surface area contributed by atoms with Gasteiger partial charge in [-0.15, -0.1) is 5.54 Å². The van der Waals surface area contributed by atoms with Gasteiger partial charge < -0.3 is 0 Å². The fraction of sp³-hybridized carbons (Fsp3) is 0.190. The number of fused-ring (bicyclic) bond motifs is 1. The van der Waals surface area contributed by atoms with Crippen LogP contribution >= 0.6 is 15.9 Å².